The number of carbonyl (C=O) groups is 1. The number of nitrogens with one attached hydrogen (secondary N) is 2. The van der Waals surface area contributed by atoms with Gasteiger partial charge in [-0.1, -0.05) is 36.4 Å². The molecule has 0 spiro atoms. The van der Waals surface area contributed by atoms with E-state index in [1.54, 1.807) is 19.2 Å². The number of aryl methyl sites for hydroxylation is 1. The van der Waals surface area contributed by atoms with Gasteiger partial charge < -0.3 is 15.4 Å². The maximum absolute atomic E-state index is 12.8. The van der Waals surface area contributed by atoms with Crippen molar-refractivity contribution in [2.45, 2.75) is 19.6 Å². The van der Waals surface area contributed by atoms with E-state index in [2.05, 4.69) is 10.6 Å². The Morgan fingerprint density at radius 2 is 1.83 bits per heavy atom. The number of urea groups is 1. The van der Waals surface area contributed by atoms with E-state index in [1.807, 2.05) is 31.2 Å². The first-order valence-corrected chi connectivity index (χ1v) is 7.44. The van der Waals surface area contributed by atoms with Gasteiger partial charge in [0.2, 0.25) is 0 Å². The van der Waals surface area contributed by atoms with Crippen molar-refractivity contribution in [3.8, 4) is 0 Å². The van der Waals surface area contributed by atoms with E-state index < -0.39 is 0 Å². The summed E-state index contributed by atoms with van der Waals surface area (Å²) in [5.41, 5.74) is 3.01. The molecule has 2 N–H and O–H groups in total. The van der Waals surface area contributed by atoms with Crippen molar-refractivity contribution in [3.05, 3.63) is 71.0 Å². The minimum absolute atomic E-state index is 0.201. The molecule has 0 radical (unpaired) electrons. The summed E-state index contributed by atoms with van der Waals surface area (Å²) in [4.78, 5) is 11.9. The van der Waals surface area contributed by atoms with Gasteiger partial charge in [-0.15, -0.1) is 0 Å². The molecule has 0 aliphatic rings. The van der Waals surface area contributed by atoms with Gasteiger partial charge in [0.05, 0.1) is 6.10 Å². The smallest absolute Gasteiger partial charge is 0.315 e. The Bertz CT molecular complexity index is 644. The number of hydrogen-bond donors (Lipinski definition) is 2. The van der Waals surface area contributed by atoms with Crippen LogP contribution in [0.3, 0.4) is 0 Å². The van der Waals surface area contributed by atoms with Crippen LogP contribution >= 0.6 is 0 Å². The lowest BCUT2D eigenvalue weighted by molar-refractivity contribution is 0.103. The maximum atomic E-state index is 12.8. The van der Waals surface area contributed by atoms with Crippen LogP contribution in [0, 0.1) is 12.7 Å². The number of amides is 2. The molecule has 5 heteroatoms. The number of methoxy groups -OCH3 is 1. The standard InChI is InChI=1S/C18H21FN2O2/c1-13-5-3-4-6-16(13)17(23-2)12-21-18(22)20-11-14-7-9-15(19)10-8-14/h3-10,17H,11-12H2,1-2H3,(H2,20,21,22). The molecule has 23 heavy (non-hydrogen) atoms. The average molecular weight is 316 g/mol. The van der Waals surface area contributed by atoms with Crippen LogP contribution < -0.4 is 10.6 Å². The monoisotopic (exact) mass is 316 g/mol. The minimum atomic E-state index is -0.292. The topological polar surface area (TPSA) is 50.4 Å². The second-order valence-corrected chi connectivity index (χ2v) is 5.27. The van der Waals surface area contributed by atoms with E-state index in [-0.39, 0.29) is 18.0 Å². The van der Waals surface area contributed by atoms with E-state index >= 15 is 0 Å². The van der Waals surface area contributed by atoms with Crippen LogP contribution in [0.4, 0.5) is 9.18 Å². The summed E-state index contributed by atoms with van der Waals surface area (Å²) in [5.74, 6) is -0.292. The first-order chi connectivity index (χ1) is 11.1. The quantitative estimate of drug-likeness (QED) is 0.859. The zero-order valence-electron chi connectivity index (χ0n) is 13.3. The van der Waals surface area contributed by atoms with Crippen LogP contribution in [0.25, 0.3) is 0 Å². The molecule has 0 aliphatic heterocycles. The molecule has 122 valence electrons. The molecule has 2 amide bonds. The van der Waals surface area contributed by atoms with Crippen molar-refractivity contribution in [2.75, 3.05) is 13.7 Å². The average Bonchev–Trinajstić information content (AvgIpc) is 2.56. The second kappa shape index (κ2) is 8.29. The number of rotatable bonds is 6. The summed E-state index contributed by atoms with van der Waals surface area (Å²) in [5, 5.41) is 5.53. The predicted molar refractivity (Wildman–Crippen MR) is 87.6 cm³/mol. The second-order valence-electron chi connectivity index (χ2n) is 5.27. The number of hydrogen-bond acceptors (Lipinski definition) is 2. The van der Waals surface area contributed by atoms with E-state index in [0.717, 1.165) is 16.7 Å². The molecule has 0 fully saturated rings. The van der Waals surface area contributed by atoms with Crippen molar-refractivity contribution in [3.63, 3.8) is 0 Å². The summed E-state index contributed by atoms with van der Waals surface area (Å²) in [6.45, 7) is 2.72. The van der Waals surface area contributed by atoms with Gasteiger partial charge in [0, 0.05) is 20.2 Å². The highest BCUT2D eigenvalue weighted by molar-refractivity contribution is 5.73. The summed E-state index contributed by atoms with van der Waals surface area (Å²) >= 11 is 0. The van der Waals surface area contributed by atoms with Crippen molar-refractivity contribution in [1.82, 2.24) is 10.6 Å². The molecule has 0 aliphatic carbocycles. The summed E-state index contributed by atoms with van der Waals surface area (Å²) in [6, 6.07) is 13.6. The van der Waals surface area contributed by atoms with Crippen LogP contribution in [0.2, 0.25) is 0 Å². The molecule has 0 heterocycles. The van der Waals surface area contributed by atoms with E-state index in [1.165, 1.54) is 12.1 Å². The zero-order valence-corrected chi connectivity index (χ0v) is 13.3. The Morgan fingerprint density at radius 1 is 1.13 bits per heavy atom. The summed E-state index contributed by atoms with van der Waals surface area (Å²) < 4.78 is 18.3. The number of halogens is 1. The van der Waals surface area contributed by atoms with Gasteiger partial charge in [0.15, 0.2) is 0 Å². The molecular formula is C18H21FN2O2. The van der Waals surface area contributed by atoms with Gasteiger partial charge in [0.1, 0.15) is 5.82 Å². The van der Waals surface area contributed by atoms with Gasteiger partial charge in [0.25, 0.3) is 0 Å². The number of benzene rings is 2. The molecule has 0 aromatic heterocycles. The lowest BCUT2D eigenvalue weighted by Gasteiger charge is -2.18. The van der Waals surface area contributed by atoms with E-state index in [0.29, 0.717) is 13.1 Å². The lowest BCUT2D eigenvalue weighted by Crippen LogP contribution is -2.37. The maximum Gasteiger partial charge on any atom is 0.315 e. The SMILES string of the molecule is COC(CNC(=O)NCc1ccc(F)cc1)c1ccccc1C. The first-order valence-electron chi connectivity index (χ1n) is 7.44. The fraction of sp³-hybridized carbons (Fsp3) is 0.278. The largest absolute Gasteiger partial charge is 0.375 e. The van der Waals surface area contributed by atoms with Crippen LogP contribution in [0.5, 0.6) is 0 Å². The van der Waals surface area contributed by atoms with Crippen molar-refractivity contribution < 1.29 is 13.9 Å². The Kier molecular flexibility index (Phi) is 6.11. The van der Waals surface area contributed by atoms with Crippen LogP contribution in [0.15, 0.2) is 48.5 Å². The molecule has 0 saturated carbocycles. The zero-order chi connectivity index (χ0) is 16.7. The molecule has 1 unspecified atom stereocenters. The number of carbonyl (C=O) groups excluding carboxylic acids is 1. The lowest BCUT2D eigenvalue weighted by atomic mass is 10.0. The highest BCUT2D eigenvalue weighted by Gasteiger charge is 2.13. The third kappa shape index (κ3) is 5.07. The molecule has 2 rings (SSSR count). The molecule has 0 saturated heterocycles. The fourth-order valence-corrected chi connectivity index (χ4v) is 2.30. The van der Waals surface area contributed by atoms with Crippen molar-refractivity contribution in [1.29, 1.82) is 0 Å². The van der Waals surface area contributed by atoms with Gasteiger partial charge in [-0.25, -0.2) is 9.18 Å². The Balaban J connectivity index is 1.83. The van der Waals surface area contributed by atoms with Gasteiger partial charge >= 0.3 is 6.03 Å². The highest BCUT2D eigenvalue weighted by atomic mass is 19.1. The van der Waals surface area contributed by atoms with E-state index in [9.17, 15) is 9.18 Å². The molecule has 2 aromatic rings. The van der Waals surface area contributed by atoms with Crippen LogP contribution in [-0.4, -0.2) is 19.7 Å². The Labute approximate surface area is 135 Å². The first kappa shape index (κ1) is 17.0. The molecule has 4 nitrogen and oxygen atoms in total. The molecule has 1 atom stereocenters. The van der Waals surface area contributed by atoms with Crippen LogP contribution in [-0.2, 0) is 11.3 Å². The van der Waals surface area contributed by atoms with Gasteiger partial charge in [-0.3, -0.25) is 0 Å². The minimum Gasteiger partial charge on any atom is -0.375 e. The molecule has 2 aromatic carbocycles. The Morgan fingerprint density at radius 3 is 2.48 bits per heavy atom. The van der Waals surface area contributed by atoms with Gasteiger partial charge in [-0.05, 0) is 35.7 Å². The highest BCUT2D eigenvalue weighted by Crippen LogP contribution is 2.19. The number of ether oxygens (including phenoxy) is 1. The van der Waals surface area contributed by atoms with Gasteiger partial charge in [-0.2, -0.15) is 0 Å². The van der Waals surface area contributed by atoms with Crippen molar-refractivity contribution in [2.24, 2.45) is 0 Å². The van der Waals surface area contributed by atoms with Crippen molar-refractivity contribution >= 4 is 6.03 Å². The predicted octanol–water partition coefficient (Wildman–Crippen LogP) is 3.32. The summed E-state index contributed by atoms with van der Waals surface area (Å²) in [6.07, 6.45) is -0.201. The fourth-order valence-electron chi connectivity index (χ4n) is 2.30. The molecule has 0 bridgehead atoms. The van der Waals surface area contributed by atoms with Crippen LogP contribution in [0.1, 0.15) is 22.8 Å². The third-order valence-electron chi connectivity index (χ3n) is 3.63. The third-order valence-corrected chi connectivity index (χ3v) is 3.63. The molecular weight excluding hydrogens is 295 g/mol. The normalized spacial score (nSPS) is 11.8. The van der Waals surface area contributed by atoms with E-state index in [4.69, 9.17) is 4.74 Å². The Hall–Kier alpha value is -2.40. The summed E-state index contributed by atoms with van der Waals surface area (Å²) in [7, 11) is 1.62.